The smallest absolute Gasteiger partial charge is 0.186 e. The molecule has 0 unspecified atom stereocenters. The van der Waals surface area contributed by atoms with E-state index in [2.05, 4.69) is 15.8 Å². The van der Waals surface area contributed by atoms with E-state index in [1.807, 2.05) is 62.4 Å². The van der Waals surface area contributed by atoms with E-state index in [-0.39, 0.29) is 0 Å². The molecule has 0 aliphatic heterocycles. The van der Waals surface area contributed by atoms with Crippen molar-refractivity contribution in [2.24, 2.45) is 5.10 Å². The molecule has 0 atom stereocenters. The molecule has 2 aromatic carbocycles. The third kappa shape index (κ3) is 7.53. The molecule has 0 heterocycles. The van der Waals surface area contributed by atoms with E-state index in [1.165, 1.54) is 0 Å². The van der Waals surface area contributed by atoms with E-state index >= 15 is 0 Å². The average Bonchev–Trinajstić information content (AvgIpc) is 2.68. The molecule has 0 aliphatic rings. The van der Waals surface area contributed by atoms with Crippen LogP contribution in [0.15, 0.2) is 53.6 Å². The van der Waals surface area contributed by atoms with Crippen LogP contribution >= 0.6 is 12.2 Å². The van der Waals surface area contributed by atoms with Crippen molar-refractivity contribution in [3.8, 4) is 17.2 Å². The minimum atomic E-state index is 0.418. The molecule has 0 aliphatic carbocycles. The Morgan fingerprint density at radius 3 is 2.52 bits per heavy atom. The maximum absolute atomic E-state index is 5.80. The van der Waals surface area contributed by atoms with Crippen LogP contribution in [-0.4, -0.2) is 37.7 Å². The van der Waals surface area contributed by atoms with Crippen LogP contribution in [0.2, 0.25) is 0 Å². The SMILES string of the molecule is CCNC(=S)NN=Cc1ccc(OCCOc2ccccc2)c(OCC)c1. The first kappa shape index (κ1) is 20.5. The van der Waals surface area contributed by atoms with Gasteiger partial charge in [-0.05, 0) is 62.0 Å². The number of nitrogens with one attached hydrogen (secondary N) is 2. The highest BCUT2D eigenvalue weighted by Gasteiger charge is 2.06. The molecule has 0 saturated carbocycles. The fourth-order valence-electron chi connectivity index (χ4n) is 2.19. The second-order valence-electron chi connectivity index (χ2n) is 5.38. The van der Waals surface area contributed by atoms with Gasteiger partial charge in [0.15, 0.2) is 16.6 Å². The molecule has 2 aromatic rings. The molecule has 7 heteroatoms. The van der Waals surface area contributed by atoms with Crippen molar-refractivity contribution in [3.63, 3.8) is 0 Å². The molecule has 0 radical (unpaired) electrons. The number of benzene rings is 2. The van der Waals surface area contributed by atoms with Crippen molar-refractivity contribution in [2.45, 2.75) is 13.8 Å². The van der Waals surface area contributed by atoms with Gasteiger partial charge in [-0.2, -0.15) is 5.10 Å². The zero-order chi connectivity index (χ0) is 19.3. The Bertz CT molecular complexity index is 739. The Balaban J connectivity index is 1.89. The zero-order valence-corrected chi connectivity index (χ0v) is 16.4. The van der Waals surface area contributed by atoms with Crippen LogP contribution in [-0.2, 0) is 0 Å². The van der Waals surface area contributed by atoms with Gasteiger partial charge in [0, 0.05) is 6.54 Å². The number of hydrogen-bond acceptors (Lipinski definition) is 5. The molecule has 0 saturated heterocycles. The molecule has 0 fully saturated rings. The Morgan fingerprint density at radius 1 is 1.00 bits per heavy atom. The Morgan fingerprint density at radius 2 is 1.78 bits per heavy atom. The van der Waals surface area contributed by atoms with Gasteiger partial charge in [-0.15, -0.1) is 0 Å². The highest BCUT2D eigenvalue weighted by molar-refractivity contribution is 7.80. The summed E-state index contributed by atoms with van der Waals surface area (Å²) in [7, 11) is 0. The molecule has 2 rings (SSSR count). The van der Waals surface area contributed by atoms with E-state index in [4.69, 9.17) is 26.4 Å². The van der Waals surface area contributed by atoms with E-state index in [1.54, 1.807) is 6.21 Å². The molecule has 2 N–H and O–H groups in total. The van der Waals surface area contributed by atoms with Crippen LogP contribution in [0.25, 0.3) is 0 Å². The fraction of sp³-hybridized carbons (Fsp3) is 0.300. The van der Waals surface area contributed by atoms with Crippen molar-refractivity contribution < 1.29 is 14.2 Å². The maximum Gasteiger partial charge on any atom is 0.186 e. The third-order valence-electron chi connectivity index (χ3n) is 3.34. The van der Waals surface area contributed by atoms with Crippen molar-refractivity contribution in [2.75, 3.05) is 26.4 Å². The Kier molecular flexibility index (Phi) is 8.92. The van der Waals surface area contributed by atoms with Crippen LogP contribution in [0, 0.1) is 0 Å². The van der Waals surface area contributed by atoms with Gasteiger partial charge in [-0.3, -0.25) is 5.43 Å². The minimum Gasteiger partial charge on any atom is -0.490 e. The topological polar surface area (TPSA) is 64.1 Å². The monoisotopic (exact) mass is 387 g/mol. The summed E-state index contributed by atoms with van der Waals surface area (Å²) in [6.45, 7) is 6.05. The molecule has 27 heavy (non-hydrogen) atoms. The van der Waals surface area contributed by atoms with Gasteiger partial charge in [0.25, 0.3) is 0 Å². The molecular formula is C20H25N3O3S. The lowest BCUT2D eigenvalue weighted by atomic mass is 10.2. The number of hydrogen-bond donors (Lipinski definition) is 2. The quantitative estimate of drug-likeness (QED) is 0.282. The molecule has 6 nitrogen and oxygen atoms in total. The predicted octanol–water partition coefficient (Wildman–Crippen LogP) is 3.36. The molecule has 0 bridgehead atoms. The highest BCUT2D eigenvalue weighted by Crippen LogP contribution is 2.28. The second-order valence-corrected chi connectivity index (χ2v) is 5.79. The van der Waals surface area contributed by atoms with Crippen LogP contribution in [0.5, 0.6) is 17.2 Å². The summed E-state index contributed by atoms with van der Waals surface area (Å²) in [5.41, 5.74) is 3.63. The van der Waals surface area contributed by atoms with E-state index in [0.717, 1.165) is 17.9 Å². The lowest BCUT2D eigenvalue weighted by Crippen LogP contribution is -2.31. The number of para-hydroxylation sites is 1. The van der Waals surface area contributed by atoms with Gasteiger partial charge < -0.3 is 19.5 Å². The highest BCUT2D eigenvalue weighted by atomic mass is 32.1. The zero-order valence-electron chi connectivity index (χ0n) is 15.6. The second kappa shape index (κ2) is 11.7. The van der Waals surface area contributed by atoms with Gasteiger partial charge in [0.2, 0.25) is 0 Å². The predicted molar refractivity (Wildman–Crippen MR) is 112 cm³/mol. The Labute approximate surface area is 165 Å². The molecule has 0 spiro atoms. The Hall–Kier alpha value is -2.80. The molecular weight excluding hydrogens is 362 g/mol. The molecule has 144 valence electrons. The van der Waals surface area contributed by atoms with Crippen LogP contribution in [0.1, 0.15) is 19.4 Å². The van der Waals surface area contributed by atoms with Crippen molar-refractivity contribution in [3.05, 3.63) is 54.1 Å². The van der Waals surface area contributed by atoms with Gasteiger partial charge in [0.05, 0.1) is 12.8 Å². The van der Waals surface area contributed by atoms with Crippen molar-refractivity contribution in [1.82, 2.24) is 10.7 Å². The number of thiocarbonyl (C=S) groups is 1. The summed E-state index contributed by atoms with van der Waals surface area (Å²) in [6.07, 6.45) is 1.68. The number of nitrogens with zero attached hydrogens (tertiary/aromatic N) is 1. The van der Waals surface area contributed by atoms with Crippen molar-refractivity contribution >= 4 is 23.5 Å². The largest absolute Gasteiger partial charge is 0.490 e. The fourth-order valence-corrected chi connectivity index (χ4v) is 2.38. The van der Waals surface area contributed by atoms with Gasteiger partial charge in [0.1, 0.15) is 19.0 Å². The summed E-state index contributed by atoms with van der Waals surface area (Å²) < 4.78 is 17.1. The first-order valence-electron chi connectivity index (χ1n) is 8.87. The lowest BCUT2D eigenvalue weighted by molar-refractivity contribution is 0.208. The summed E-state index contributed by atoms with van der Waals surface area (Å²) in [4.78, 5) is 0. The molecule has 0 aromatic heterocycles. The van der Waals surface area contributed by atoms with Crippen LogP contribution < -0.4 is 25.0 Å². The third-order valence-corrected chi connectivity index (χ3v) is 3.57. The normalized spacial score (nSPS) is 10.4. The standard InChI is InChI=1S/C20H25N3O3S/c1-3-21-20(27)23-22-15-16-10-11-18(19(14-16)24-4-2)26-13-12-25-17-8-6-5-7-9-17/h5-11,14-15H,3-4,12-13H2,1-2H3,(H2,21,23,27). The van der Waals surface area contributed by atoms with Crippen LogP contribution in [0.4, 0.5) is 0 Å². The summed E-state index contributed by atoms with van der Waals surface area (Å²) in [6, 6.07) is 15.3. The lowest BCUT2D eigenvalue weighted by Gasteiger charge is -2.13. The molecule has 0 amide bonds. The van der Waals surface area contributed by atoms with Crippen molar-refractivity contribution in [1.29, 1.82) is 0 Å². The summed E-state index contributed by atoms with van der Waals surface area (Å²) >= 11 is 5.06. The average molecular weight is 388 g/mol. The van der Waals surface area contributed by atoms with Crippen LogP contribution in [0.3, 0.4) is 0 Å². The summed E-state index contributed by atoms with van der Waals surface area (Å²) in [5.74, 6) is 2.15. The van der Waals surface area contributed by atoms with Gasteiger partial charge in [-0.1, -0.05) is 18.2 Å². The number of ether oxygens (including phenoxy) is 3. The maximum atomic E-state index is 5.80. The van der Waals surface area contributed by atoms with E-state index < -0.39 is 0 Å². The van der Waals surface area contributed by atoms with Gasteiger partial charge >= 0.3 is 0 Å². The van der Waals surface area contributed by atoms with E-state index in [0.29, 0.717) is 36.4 Å². The first-order chi connectivity index (χ1) is 13.2. The number of hydrazone groups is 1. The van der Waals surface area contributed by atoms with Gasteiger partial charge in [-0.25, -0.2) is 0 Å². The number of rotatable bonds is 10. The minimum absolute atomic E-state index is 0.418. The summed E-state index contributed by atoms with van der Waals surface area (Å²) in [5, 5.41) is 7.55. The van der Waals surface area contributed by atoms with E-state index in [9.17, 15) is 0 Å². The first-order valence-corrected chi connectivity index (χ1v) is 9.28.